The van der Waals surface area contributed by atoms with Gasteiger partial charge in [-0.3, -0.25) is 19.7 Å². The van der Waals surface area contributed by atoms with Crippen molar-refractivity contribution in [3.05, 3.63) is 99.9 Å². The number of rotatable bonds is 7. The van der Waals surface area contributed by atoms with Crippen molar-refractivity contribution in [2.24, 2.45) is 0 Å². The Hall–Kier alpha value is -4.07. The Balaban J connectivity index is 1.62. The summed E-state index contributed by atoms with van der Waals surface area (Å²) in [5.41, 5.74) is 2.97. The number of hydrogen-bond acceptors (Lipinski definition) is 5. The van der Waals surface area contributed by atoms with Gasteiger partial charge in [0.2, 0.25) is 0 Å². The van der Waals surface area contributed by atoms with Gasteiger partial charge in [-0.25, -0.2) is 4.98 Å². The number of nitrogens with one attached hydrogen (secondary N) is 3. The average Bonchev–Trinajstić information content (AvgIpc) is 3.30. The van der Waals surface area contributed by atoms with E-state index < -0.39 is 6.04 Å². The maximum atomic E-state index is 12.9. The molecule has 0 fully saturated rings. The molecule has 1 amide bonds. The van der Waals surface area contributed by atoms with Crippen LogP contribution in [0.1, 0.15) is 53.2 Å². The van der Waals surface area contributed by atoms with E-state index in [0.717, 1.165) is 11.3 Å². The van der Waals surface area contributed by atoms with Crippen molar-refractivity contribution in [3.8, 4) is 11.5 Å². The SMILES string of the molecule is CC(C)c1cc(C(=O)N[C@@H](Cc2cc(=O)[nH]c(-c3ccccn3)n2)c2ccccc2)n[nH]1. The quantitative estimate of drug-likeness (QED) is 0.417. The molecule has 0 bridgehead atoms. The largest absolute Gasteiger partial charge is 0.343 e. The molecule has 1 aromatic carbocycles. The van der Waals surface area contributed by atoms with Crippen LogP contribution >= 0.6 is 0 Å². The number of H-pyrrole nitrogens is 2. The molecule has 8 heteroatoms. The molecule has 162 valence electrons. The summed E-state index contributed by atoms with van der Waals surface area (Å²) in [7, 11) is 0. The predicted octanol–water partition coefficient (Wildman–Crippen LogP) is 3.39. The van der Waals surface area contributed by atoms with E-state index in [0.29, 0.717) is 29.3 Å². The third-order valence-corrected chi connectivity index (χ3v) is 5.08. The third kappa shape index (κ3) is 4.97. The van der Waals surface area contributed by atoms with Crippen LogP contribution in [0, 0.1) is 0 Å². The second kappa shape index (κ2) is 9.38. The maximum absolute atomic E-state index is 12.9. The predicted molar refractivity (Wildman–Crippen MR) is 121 cm³/mol. The van der Waals surface area contributed by atoms with E-state index in [9.17, 15) is 9.59 Å². The minimum absolute atomic E-state index is 0.235. The number of carbonyl (C=O) groups excluding carboxylic acids is 1. The van der Waals surface area contributed by atoms with Crippen LogP contribution in [-0.4, -0.2) is 31.1 Å². The number of benzene rings is 1. The molecule has 8 nitrogen and oxygen atoms in total. The summed E-state index contributed by atoms with van der Waals surface area (Å²) in [5.74, 6) is 0.330. The maximum Gasteiger partial charge on any atom is 0.272 e. The molecule has 0 saturated carbocycles. The zero-order valence-corrected chi connectivity index (χ0v) is 17.9. The molecule has 3 N–H and O–H groups in total. The molecular formula is C24H24N6O2. The first-order valence-electron chi connectivity index (χ1n) is 10.4. The van der Waals surface area contributed by atoms with Crippen molar-refractivity contribution in [2.45, 2.75) is 32.2 Å². The Morgan fingerprint density at radius 1 is 1.06 bits per heavy atom. The molecule has 32 heavy (non-hydrogen) atoms. The highest BCUT2D eigenvalue weighted by molar-refractivity contribution is 5.92. The molecule has 3 heterocycles. The summed E-state index contributed by atoms with van der Waals surface area (Å²) in [5, 5.41) is 10.1. The van der Waals surface area contributed by atoms with Crippen LogP contribution in [0.25, 0.3) is 11.5 Å². The number of hydrogen-bond donors (Lipinski definition) is 3. The average molecular weight is 428 g/mol. The van der Waals surface area contributed by atoms with Crippen molar-refractivity contribution >= 4 is 5.91 Å². The molecule has 0 radical (unpaired) electrons. The lowest BCUT2D eigenvalue weighted by molar-refractivity contribution is 0.0931. The van der Waals surface area contributed by atoms with Crippen molar-refractivity contribution < 1.29 is 4.79 Å². The zero-order chi connectivity index (χ0) is 22.5. The molecule has 0 spiro atoms. The molecule has 4 rings (SSSR count). The lowest BCUT2D eigenvalue weighted by Crippen LogP contribution is -2.31. The van der Waals surface area contributed by atoms with Crippen LogP contribution in [0.2, 0.25) is 0 Å². The van der Waals surface area contributed by atoms with Crippen LogP contribution < -0.4 is 10.9 Å². The second-order valence-corrected chi connectivity index (χ2v) is 7.80. The summed E-state index contributed by atoms with van der Waals surface area (Å²) >= 11 is 0. The van der Waals surface area contributed by atoms with Crippen molar-refractivity contribution in [3.63, 3.8) is 0 Å². The van der Waals surface area contributed by atoms with Gasteiger partial charge in [0.25, 0.3) is 11.5 Å². The van der Waals surface area contributed by atoms with E-state index in [1.165, 1.54) is 6.07 Å². The van der Waals surface area contributed by atoms with E-state index in [-0.39, 0.29) is 17.4 Å². The van der Waals surface area contributed by atoms with Crippen LogP contribution in [0.15, 0.2) is 71.7 Å². The normalized spacial score (nSPS) is 12.0. The Labute approximate surface area is 185 Å². The summed E-state index contributed by atoms with van der Waals surface area (Å²) in [6.45, 7) is 4.06. The molecular weight excluding hydrogens is 404 g/mol. The summed E-state index contributed by atoms with van der Waals surface area (Å²) in [6, 6.07) is 17.8. The van der Waals surface area contributed by atoms with Crippen LogP contribution in [0.4, 0.5) is 0 Å². The second-order valence-electron chi connectivity index (χ2n) is 7.80. The first-order valence-corrected chi connectivity index (χ1v) is 10.4. The van der Waals surface area contributed by atoms with Gasteiger partial charge in [-0.05, 0) is 29.7 Å². The Bertz CT molecular complexity index is 1250. The Morgan fingerprint density at radius 3 is 2.53 bits per heavy atom. The number of pyridine rings is 1. The first-order chi connectivity index (χ1) is 15.5. The number of aromatic amines is 2. The summed E-state index contributed by atoms with van der Waals surface area (Å²) < 4.78 is 0. The Morgan fingerprint density at radius 2 is 1.84 bits per heavy atom. The van der Waals surface area contributed by atoms with Gasteiger partial charge in [-0.15, -0.1) is 0 Å². The minimum atomic E-state index is -0.395. The first kappa shape index (κ1) is 21.2. The molecule has 4 aromatic rings. The van der Waals surface area contributed by atoms with Gasteiger partial charge in [0.1, 0.15) is 11.4 Å². The lowest BCUT2D eigenvalue weighted by Gasteiger charge is -2.18. The van der Waals surface area contributed by atoms with E-state index >= 15 is 0 Å². The third-order valence-electron chi connectivity index (χ3n) is 5.08. The van der Waals surface area contributed by atoms with Gasteiger partial charge in [0.15, 0.2) is 5.82 Å². The lowest BCUT2D eigenvalue weighted by atomic mass is 10.0. The topological polar surface area (TPSA) is 116 Å². The van der Waals surface area contributed by atoms with Gasteiger partial charge in [0, 0.05) is 24.4 Å². The fourth-order valence-electron chi connectivity index (χ4n) is 3.36. The van der Waals surface area contributed by atoms with E-state index in [1.54, 1.807) is 24.4 Å². The molecule has 0 saturated heterocycles. The van der Waals surface area contributed by atoms with Gasteiger partial charge in [-0.2, -0.15) is 5.10 Å². The summed E-state index contributed by atoms with van der Waals surface area (Å²) in [4.78, 5) is 36.8. The van der Waals surface area contributed by atoms with Crippen molar-refractivity contribution in [1.82, 2.24) is 30.5 Å². The monoisotopic (exact) mass is 428 g/mol. The number of amides is 1. The summed E-state index contributed by atoms with van der Waals surface area (Å²) in [6.07, 6.45) is 1.98. The van der Waals surface area contributed by atoms with Gasteiger partial charge in [-0.1, -0.05) is 50.2 Å². The zero-order valence-electron chi connectivity index (χ0n) is 17.9. The van der Waals surface area contributed by atoms with E-state index in [2.05, 4.69) is 30.5 Å². The van der Waals surface area contributed by atoms with Gasteiger partial charge >= 0.3 is 0 Å². The molecule has 0 aliphatic carbocycles. The smallest absolute Gasteiger partial charge is 0.272 e. The highest BCUT2D eigenvalue weighted by Crippen LogP contribution is 2.20. The van der Waals surface area contributed by atoms with E-state index in [1.807, 2.05) is 50.2 Å². The molecule has 0 aliphatic heterocycles. The fraction of sp³-hybridized carbons (Fsp3) is 0.208. The van der Waals surface area contributed by atoms with Crippen LogP contribution in [0.3, 0.4) is 0 Å². The van der Waals surface area contributed by atoms with Gasteiger partial charge in [0.05, 0.1) is 11.7 Å². The molecule has 3 aromatic heterocycles. The Kier molecular flexibility index (Phi) is 6.21. The standard InChI is InChI=1S/C24H24N6O2/c1-15(2)19-14-21(30-29-19)24(32)27-20(16-8-4-3-5-9-16)12-17-13-22(31)28-23(26-17)18-10-6-7-11-25-18/h3-11,13-15,20H,12H2,1-2H3,(H,27,32)(H,29,30)(H,26,28,31)/t20-/m0/s1. The fourth-order valence-corrected chi connectivity index (χ4v) is 3.36. The molecule has 0 aliphatic rings. The van der Waals surface area contributed by atoms with Crippen LogP contribution in [0.5, 0.6) is 0 Å². The van der Waals surface area contributed by atoms with E-state index in [4.69, 9.17) is 0 Å². The molecule has 1 atom stereocenters. The van der Waals surface area contributed by atoms with Crippen LogP contribution in [-0.2, 0) is 6.42 Å². The number of nitrogens with zero attached hydrogens (tertiary/aromatic N) is 3. The van der Waals surface area contributed by atoms with Crippen molar-refractivity contribution in [2.75, 3.05) is 0 Å². The van der Waals surface area contributed by atoms with Crippen molar-refractivity contribution in [1.29, 1.82) is 0 Å². The molecule has 0 unspecified atom stereocenters. The highest BCUT2D eigenvalue weighted by Gasteiger charge is 2.20. The van der Waals surface area contributed by atoms with Gasteiger partial charge < -0.3 is 10.3 Å². The highest BCUT2D eigenvalue weighted by atomic mass is 16.2. The number of carbonyl (C=O) groups is 1. The number of aromatic nitrogens is 5. The minimum Gasteiger partial charge on any atom is -0.343 e.